The number of fused-ring (bicyclic) bond motifs is 8. The summed E-state index contributed by atoms with van der Waals surface area (Å²) in [6, 6.07) is 90.3. The van der Waals surface area contributed by atoms with Crippen LogP contribution in [0.25, 0.3) is 0 Å². The second-order valence-electron chi connectivity index (χ2n) is 34.0. The highest BCUT2D eigenvalue weighted by Crippen LogP contribution is 2.52. The Morgan fingerprint density at radius 3 is 0.786 bits per heavy atom. The Hall–Kier alpha value is -8.55. The van der Waals surface area contributed by atoms with Gasteiger partial charge in [-0.3, -0.25) is 0 Å². The van der Waals surface area contributed by atoms with Crippen molar-refractivity contribution in [1.29, 1.82) is 0 Å². The first-order valence-electron chi connectivity index (χ1n) is 35.3. The number of benzene rings is 11. The second kappa shape index (κ2) is 23.6. The Kier molecular flexibility index (Phi) is 15.7. The normalized spacial score (nSPS) is 14.1. The van der Waals surface area contributed by atoms with Crippen LogP contribution in [0.15, 0.2) is 250 Å². The van der Waals surface area contributed by atoms with E-state index in [9.17, 15) is 0 Å². The largest absolute Gasteiger partial charge is 0.311 e. The van der Waals surface area contributed by atoms with Crippen molar-refractivity contribution < 1.29 is 0 Å². The molecule has 0 N–H and O–H groups in total. The highest BCUT2D eigenvalue weighted by molar-refractivity contribution is 8.00. The number of anilines is 12. The molecule has 0 aliphatic carbocycles. The van der Waals surface area contributed by atoms with E-state index in [0.717, 1.165) is 45.5 Å². The summed E-state index contributed by atoms with van der Waals surface area (Å²) in [6.07, 6.45) is 0. The van der Waals surface area contributed by atoms with Gasteiger partial charge in [0, 0.05) is 87.8 Å². The van der Waals surface area contributed by atoms with E-state index in [-0.39, 0.29) is 45.9 Å². The van der Waals surface area contributed by atoms with E-state index in [1.165, 1.54) is 108 Å². The molecule has 0 bridgehead atoms. The summed E-state index contributed by atoms with van der Waals surface area (Å²) in [5, 5.41) is 0. The van der Waals surface area contributed by atoms with Crippen LogP contribution >= 0.6 is 23.5 Å². The van der Waals surface area contributed by atoms with Crippen molar-refractivity contribution in [2.45, 2.75) is 177 Å². The molecule has 4 heterocycles. The fraction of sp³-hybridized carbons (Fsp3) is 0.267. The van der Waals surface area contributed by atoms with E-state index in [2.05, 4.69) is 375 Å². The van der Waals surface area contributed by atoms with E-state index in [1.807, 2.05) is 23.5 Å². The lowest BCUT2D eigenvalue weighted by Gasteiger charge is -2.45. The van der Waals surface area contributed by atoms with Gasteiger partial charge in [-0.05, 0) is 203 Å². The topological polar surface area (TPSA) is 13.0 Å². The molecular formula is C90H92B2N4S2. The maximum atomic E-state index is 2.67. The Bertz CT molecular complexity index is 4470. The summed E-state index contributed by atoms with van der Waals surface area (Å²) < 4.78 is 0. The molecule has 0 saturated heterocycles. The highest BCUT2D eigenvalue weighted by atomic mass is 32.2. The zero-order valence-electron chi connectivity index (χ0n) is 60.7. The standard InChI is InChI=1S/C90H92B2N4S2/c1-85(2,3)57-27-39-63(40-28-57)93(64-41-29-58(30-42-64)86(4,5)6)69-51-77-83-81(53-69)97-79-25-21-19-23-71(79)91(83)73-55-74-76(56-75(73)95(77)67-47-35-61(36-48-67)89(13,14)15)96(68-49-37-62(38-50-68)90(16,17)18)78-52-70(54-82-84(78)92(74)72-24-20-22-26-80(72)98-82)94(65-43-31-59(32-44-65)87(7,8)9)66-45-33-60(34-46-66)88(10,11)12/h19-56H,1-18H3. The third kappa shape index (κ3) is 11.6. The molecular weight excluding hydrogens is 1220 g/mol. The number of nitrogens with zero attached hydrogens (tertiary/aromatic N) is 4. The van der Waals surface area contributed by atoms with Crippen LogP contribution in [0.4, 0.5) is 68.2 Å². The van der Waals surface area contributed by atoms with E-state index in [0.29, 0.717) is 0 Å². The molecule has 490 valence electrons. The van der Waals surface area contributed by atoms with Crippen molar-refractivity contribution in [3.05, 3.63) is 264 Å². The molecule has 11 aromatic carbocycles. The molecule has 4 nitrogen and oxygen atoms in total. The third-order valence-corrected chi connectivity index (χ3v) is 23.2. The minimum atomic E-state index is -0.0682. The van der Waals surface area contributed by atoms with Crippen LogP contribution in [0.2, 0.25) is 0 Å². The van der Waals surface area contributed by atoms with Gasteiger partial charge in [0.05, 0.1) is 0 Å². The van der Waals surface area contributed by atoms with Crippen molar-refractivity contribution in [1.82, 2.24) is 0 Å². The fourth-order valence-electron chi connectivity index (χ4n) is 15.2. The summed E-state index contributed by atoms with van der Waals surface area (Å²) in [4.78, 5) is 15.4. The van der Waals surface area contributed by atoms with E-state index >= 15 is 0 Å². The maximum Gasteiger partial charge on any atom is 0.249 e. The Labute approximate surface area is 594 Å². The lowest BCUT2D eigenvalue weighted by atomic mass is 9.31. The van der Waals surface area contributed by atoms with Gasteiger partial charge in [0.25, 0.3) is 0 Å². The second-order valence-corrected chi connectivity index (χ2v) is 36.2. The highest BCUT2D eigenvalue weighted by Gasteiger charge is 2.47. The predicted octanol–water partition coefficient (Wildman–Crippen LogP) is 21.9. The van der Waals surface area contributed by atoms with Crippen LogP contribution < -0.4 is 52.4 Å². The first-order chi connectivity index (χ1) is 46.4. The van der Waals surface area contributed by atoms with Crippen molar-refractivity contribution >= 4 is 138 Å². The summed E-state index contributed by atoms with van der Waals surface area (Å²) >= 11 is 3.85. The molecule has 0 amide bonds. The monoisotopic (exact) mass is 1310 g/mol. The fourth-order valence-corrected chi connectivity index (χ4v) is 17.6. The molecule has 0 fully saturated rings. The first-order valence-corrected chi connectivity index (χ1v) is 36.9. The molecule has 0 unspecified atom stereocenters. The number of hydrogen-bond acceptors (Lipinski definition) is 6. The molecule has 0 atom stereocenters. The van der Waals surface area contributed by atoms with Gasteiger partial charge in [0.15, 0.2) is 0 Å². The maximum absolute atomic E-state index is 2.67. The van der Waals surface area contributed by atoms with E-state index in [4.69, 9.17) is 0 Å². The predicted molar refractivity (Wildman–Crippen MR) is 428 cm³/mol. The molecule has 0 spiro atoms. The average Bonchev–Trinajstić information content (AvgIpc) is 0.690. The van der Waals surface area contributed by atoms with Gasteiger partial charge in [-0.1, -0.05) is 274 Å². The van der Waals surface area contributed by atoms with Gasteiger partial charge in [-0.25, -0.2) is 0 Å². The van der Waals surface area contributed by atoms with E-state index < -0.39 is 0 Å². The van der Waals surface area contributed by atoms with Crippen molar-refractivity contribution in [3.63, 3.8) is 0 Å². The minimum Gasteiger partial charge on any atom is -0.311 e. The summed E-state index contributed by atoms with van der Waals surface area (Å²) in [5.74, 6) is 0. The summed E-state index contributed by atoms with van der Waals surface area (Å²) in [5.41, 5.74) is 29.5. The lowest BCUT2D eigenvalue weighted by molar-refractivity contribution is 0.590. The minimum absolute atomic E-state index is 0.00197. The third-order valence-electron chi connectivity index (χ3n) is 20.9. The molecule has 4 aliphatic heterocycles. The SMILES string of the molecule is CC(C)(C)c1ccc(N(c2ccc(C(C)(C)C)cc2)c2cc3c4c(c2)N(c2ccc(C(C)(C)C)cc2)c2cc5c(cc2B4c2ccccc2S3)B2c3ccccc3Sc3cc(N(c4ccc(C(C)(C)C)cc4)c4ccc(C(C)(C)C)cc4)cc(c32)N5c2ccc(C(C)(C)C)cc2)cc1. The van der Waals surface area contributed by atoms with Gasteiger partial charge < -0.3 is 19.6 Å². The molecule has 8 heteroatoms. The van der Waals surface area contributed by atoms with Gasteiger partial charge in [-0.15, -0.1) is 0 Å². The van der Waals surface area contributed by atoms with Crippen LogP contribution in [-0.2, 0) is 32.5 Å². The van der Waals surface area contributed by atoms with Crippen molar-refractivity contribution in [3.8, 4) is 0 Å². The molecule has 0 aromatic heterocycles. The van der Waals surface area contributed by atoms with Crippen LogP contribution in [-0.4, -0.2) is 13.4 Å². The smallest absolute Gasteiger partial charge is 0.249 e. The van der Waals surface area contributed by atoms with Gasteiger partial charge in [-0.2, -0.15) is 0 Å². The Morgan fingerprint density at radius 1 is 0.245 bits per heavy atom. The van der Waals surface area contributed by atoms with Gasteiger partial charge in [0.1, 0.15) is 0 Å². The lowest BCUT2D eigenvalue weighted by Crippen LogP contribution is -2.64. The molecule has 0 saturated carbocycles. The average molecular weight is 1320 g/mol. The van der Waals surface area contributed by atoms with Gasteiger partial charge in [0.2, 0.25) is 13.4 Å². The van der Waals surface area contributed by atoms with Crippen molar-refractivity contribution in [2.24, 2.45) is 0 Å². The van der Waals surface area contributed by atoms with Gasteiger partial charge >= 0.3 is 0 Å². The zero-order chi connectivity index (χ0) is 68.9. The Morgan fingerprint density at radius 2 is 0.510 bits per heavy atom. The van der Waals surface area contributed by atoms with Crippen LogP contribution in [0.3, 0.4) is 0 Å². The number of rotatable bonds is 8. The van der Waals surface area contributed by atoms with Crippen LogP contribution in [0.5, 0.6) is 0 Å². The molecule has 11 aromatic rings. The Balaban J connectivity index is 1.02. The first kappa shape index (κ1) is 65.4. The zero-order valence-corrected chi connectivity index (χ0v) is 62.3. The molecule has 0 radical (unpaired) electrons. The van der Waals surface area contributed by atoms with E-state index in [1.54, 1.807) is 0 Å². The summed E-state index contributed by atoms with van der Waals surface area (Å²) in [7, 11) is 0. The molecule has 98 heavy (non-hydrogen) atoms. The summed E-state index contributed by atoms with van der Waals surface area (Å²) in [6.45, 7) is 41.5. The van der Waals surface area contributed by atoms with Crippen LogP contribution in [0.1, 0.15) is 158 Å². The molecule has 4 aliphatic rings. The molecule has 15 rings (SSSR count). The number of hydrogen-bond donors (Lipinski definition) is 0. The van der Waals surface area contributed by atoms with Crippen LogP contribution in [0, 0.1) is 0 Å². The quantitative estimate of drug-likeness (QED) is 0.140. The van der Waals surface area contributed by atoms with Crippen molar-refractivity contribution in [2.75, 3.05) is 19.6 Å².